The zero-order valence-electron chi connectivity index (χ0n) is 10.1. The smallest absolute Gasteiger partial charge is 0.0716 e. The lowest BCUT2D eigenvalue weighted by atomic mass is 10.1. The normalized spacial score (nSPS) is 16.4. The Morgan fingerprint density at radius 1 is 1.31 bits per heavy atom. The second-order valence-corrected chi connectivity index (χ2v) is 4.43. The summed E-state index contributed by atoms with van der Waals surface area (Å²) in [6, 6.07) is 9.20. The van der Waals surface area contributed by atoms with Crippen molar-refractivity contribution in [1.29, 1.82) is 0 Å². The fraction of sp³-hybridized carbons (Fsp3) is 0.538. The van der Waals surface area contributed by atoms with Gasteiger partial charge in [0, 0.05) is 32.8 Å². The maximum atomic E-state index is 5.22. The minimum atomic E-state index is 0.690. The van der Waals surface area contributed by atoms with Gasteiger partial charge in [-0.1, -0.05) is 24.3 Å². The van der Waals surface area contributed by atoms with Crippen molar-refractivity contribution in [2.24, 2.45) is 0 Å². The molecular weight excluding hydrogens is 200 g/mol. The van der Waals surface area contributed by atoms with Crippen molar-refractivity contribution in [3.63, 3.8) is 0 Å². The molecule has 2 rings (SSSR count). The first-order valence-electron chi connectivity index (χ1n) is 5.78. The van der Waals surface area contributed by atoms with E-state index < -0.39 is 0 Å². The third kappa shape index (κ3) is 2.61. The molecule has 0 atom stereocenters. The van der Waals surface area contributed by atoms with Gasteiger partial charge in [-0.15, -0.1) is 0 Å². The summed E-state index contributed by atoms with van der Waals surface area (Å²) in [7, 11) is 3.94. The minimum absolute atomic E-state index is 0.690. The van der Waals surface area contributed by atoms with Gasteiger partial charge in [0.2, 0.25) is 0 Å². The molecule has 0 saturated carbocycles. The van der Waals surface area contributed by atoms with Crippen LogP contribution in [0.4, 0.5) is 0 Å². The molecule has 0 radical (unpaired) electrons. The first-order valence-corrected chi connectivity index (χ1v) is 5.78. The van der Waals surface area contributed by atoms with Gasteiger partial charge in [-0.2, -0.15) is 0 Å². The third-order valence-corrected chi connectivity index (χ3v) is 3.22. The molecule has 1 heterocycles. The molecule has 1 fully saturated rings. The maximum absolute atomic E-state index is 5.22. The Balaban J connectivity index is 2.01. The summed E-state index contributed by atoms with van der Waals surface area (Å²) in [5.41, 5.74) is 2.67. The number of benzene rings is 1. The molecule has 0 aliphatic carbocycles. The van der Waals surface area contributed by atoms with Crippen LogP contribution in [0.25, 0.3) is 0 Å². The number of ether oxygens (including phenoxy) is 1. The molecule has 3 heteroatoms. The Morgan fingerprint density at radius 3 is 2.56 bits per heavy atom. The van der Waals surface area contributed by atoms with Gasteiger partial charge >= 0.3 is 0 Å². The Bertz CT molecular complexity index is 336. The maximum Gasteiger partial charge on any atom is 0.0716 e. The number of likely N-dealkylation sites (N-methyl/N-ethyl adjacent to an activating group) is 1. The van der Waals surface area contributed by atoms with Crippen molar-refractivity contribution in [2.45, 2.75) is 19.2 Å². The molecule has 0 amide bonds. The van der Waals surface area contributed by atoms with Crippen LogP contribution >= 0.6 is 0 Å². The van der Waals surface area contributed by atoms with Gasteiger partial charge < -0.3 is 10.1 Å². The van der Waals surface area contributed by atoms with E-state index in [0.717, 1.165) is 19.6 Å². The van der Waals surface area contributed by atoms with Gasteiger partial charge in [0.1, 0.15) is 0 Å². The Kier molecular flexibility index (Phi) is 3.93. The SMILES string of the molecule is COCc1ccccc1CN(C)C1CNC1. The molecule has 0 unspecified atom stereocenters. The molecule has 0 bridgehead atoms. The van der Waals surface area contributed by atoms with E-state index in [2.05, 4.69) is 41.5 Å². The number of hydrogen-bond acceptors (Lipinski definition) is 3. The lowest BCUT2D eigenvalue weighted by molar-refractivity contribution is 0.165. The van der Waals surface area contributed by atoms with E-state index >= 15 is 0 Å². The van der Waals surface area contributed by atoms with E-state index in [4.69, 9.17) is 4.74 Å². The van der Waals surface area contributed by atoms with Crippen molar-refractivity contribution < 1.29 is 4.74 Å². The minimum Gasteiger partial charge on any atom is -0.380 e. The van der Waals surface area contributed by atoms with Crippen molar-refractivity contribution in [3.05, 3.63) is 35.4 Å². The van der Waals surface area contributed by atoms with Crippen molar-refractivity contribution in [1.82, 2.24) is 10.2 Å². The average molecular weight is 220 g/mol. The molecule has 1 aliphatic rings. The predicted octanol–water partition coefficient (Wildman–Crippen LogP) is 1.24. The van der Waals surface area contributed by atoms with Gasteiger partial charge in [-0.25, -0.2) is 0 Å². The monoisotopic (exact) mass is 220 g/mol. The largest absolute Gasteiger partial charge is 0.380 e. The first-order chi connectivity index (χ1) is 7.81. The van der Waals surface area contributed by atoms with Crippen LogP contribution in [0, 0.1) is 0 Å². The van der Waals surface area contributed by atoms with Crippen LogP contribution in [0.5, 0.6) is 0 Å². The van der Waals surface area contributed by atoms with Crippen LogP contribution in [-0.2, 0) is 17.9 Å². The summed E-state index contributed by atoms with van der Waals surface area (Å²) in [6.45, 7) is 3.94. The Hall–Kier alpha value is -0.900. The van der Waals surface area contributed by atoms with Crippen molar-refractivity contribution in [3.8, 4) is 0 Å². The molecule has 0 aromatic heterocycles. The molecule has 1 aromatic carbocycles. The van der Waals surface area contributed by atoms with Crippen molar-refractivity contribution >= 4 is 0 Å². The molecule has 1 aliphatic heterocycles. The highest BCUT2D eigenvalue weighted by Crippen LogP contribution is 2.14. The standard InChI is InChI=1S/C13H20N2O/c1-15(13-7-14-8-13)9-11-5-3-4-6-12(11)10-16-2/h3-6,13-14H,7-10H2,1-2H3. The van der Waals surface area contributed by atoms with E-state index in [1.54, 1.807) is 7.11 Å². The Morgan fingerprint density at radius 2 is 2.00 bits per heavy atom. The third-order valence-electron chi connectivity index (χ3n) is 3.22. The summed E-state index contributed by atoms with van der Waals surface area (Å²) in [4.78, 5) is 2.41. The second-order valence-electron chi connectivity index (χ2n) is 4.43. The number of nitrogens with zero attached hydrogens (tertiary/aromatic N) is 1. The highest BCUT2D eigenvalue weighted by Gasteiger charge is 2.21. The average Bonchev–Trinajstić information content (AvgIpc) is 2.18. The van der Waals surface area contributed by atoms with Gasteiger partial charge in [-0.05, 0) is 18.2 Å². The van der Waals surface area contributed by atoms with E-state index in [1.165, 1.54) is 11.1 Å². The lowest BCUT2D eigenvalue weighted by Crippen LogP contribution is -2.55. The second kappa shape index (κ2) is 5.43. The molecule has 1 aromatic rings. The highest BCUT2D eigenvalue weighted by molar-refractivity contribution is 5.26. The molecule has 0 spiro atoms. The zero-order valence-corrected chi connectivity index (χ0v) is 10.1. The topological polar surface area (TPSA) is 24.5 Å². The number of nitrogens with one attached hydrogen (secondary N) is 1. The number of methoxy groups -OCH3 is 1. The fourth-order valence-corrected chi connectivity index (χ4v) is 1.99. The molecule has 88 valence electrons. The van der Waals surface area contributed by atoms with Crippen LogP contribution in [0.1, 0.15) is 11.1 Å². The van der Waals surface area contributed by atoms with Crippen molar-refractivity contribution in [2.75, 3.05) is 27.2 Å². The van der Waals surface area contributed by atoms with Crippen LogP contribution in [0.2, 0.25) is 0 Å². The van der Waals surface area contributed by atoms with Crippen LogP contribution in [0.15, 0.2) is 24.3 Å². The molecule has 3 nitrogen and oxygen atoms in total. The van der Waals surface area contributed by atoms with Gasteiger partial charge in [-0.3, -0.25) is 4.90 Å². The lowest BCUT2D eigenvalue weighted by Gasteiger charge is -2.36. The van der Waals surface area contributed by atoms with E-state index in [0.29, 0.717) is 12.6 Å². The predicted molar refractivity (Wildman–Crippen MR) is 65.3 cm³/mol. The van der Waals surface area contributed by atoms with E-state index in [1.807, 2.05) is 0 Å². The highest BCUT2D eigenvalue weighted by atomic mass is 16.5. The number of hydrogen-bond donors (Lipinski definition) is 1. The summed E-state index contributed by atoms with van der Waals surface area (Å²) < 4.78 is 5.22. The molecule has 1 saturated heterocycles. The molecular formula is C13H20N2O. The first kappa shape index (κ1) is 11.6. The van der Waals surface area contributed by atoms with E-state index in [-0.39, 0.29) is 0 Å². The van der Waals surface area contributed by atoms with Crippen LogP contribution in [0.3, 0.4) is 0 Å². The molecule has 16 heavy (non-hydrogen) atoms. The van der Waals surface area contributed by atoms with Gasteiger partial charge in [0.15, 0.2) is 0 Å². The van der Waals surface area contributed by atoms with E-state index in [9.17, 15) is 0 Å². The summed E-state index contributed by atoms with van der Waals surface area (Å²) in [5.74, 6) is 0. The van der Waals surface area contributed by atoms with Gasteiger partial charge in [0.05, 0.1) is 6.61 Å². The summed E-state index contributed by atoms with van der Waals surface area (Å²) >= 11 is 0. The number of rotatable bonds is 5. The Labute approximate surface area is 97.4 Å². The fourth-order valence-electron chi connectivity index (χ4n) is 1.99. The zero-order chi connectivity index (χ0) is 11.4. The van der Waals surface area contributed by atoms with Crippen LogP contribution in [-0.4, -0.2) is 38.2 Å². The molecule has 1 N–H and O–H groups in total. The van der Waals surface area contributed by atoms with Crippen LogP contribution < -0.4 is 5.32 Å². The van der Waals surface area contributed by atoms with Gasteiger partial charge in [0.25, 0.3) is 0 Å². The summed E-state index contributed by atoms with van der Waals surface area (Å²) in [5, 5.41) is 3.30. The quantitative estimate of drug-likeness (QED) is 0.808. The summed E-state index contributed by atoms with van der Waals surface area (Å²) in [6.07, 6.45) is 0.